The Labute approximate surface area is 146 Å². The maximum absolute atomic E-state index is 12.8. The van der Waals surface area contributed by atoms with Gasteiger partial charge >= 0.3 is 11.9 Å². The molecule has 0 bridgehead atoms. The summed E-state index contributed by atoms with van der Waals surface area (Å²) in [5.41, 5.74) is -0.397. The summed E-state index contributed by atoms with van der Waals surface area (Å²) in [6.45, 7) is 0.241. The molecule has 1 saturated carbocycles. The quantitative estimate of drug-likeness (QED) is 0.791. The van der Waals surface area contributed by atoms with Gasteiger partial charge in [0.15, 0.2) is 0 Å². The van der Waals surface area contributed by atoms with Crippen LogP contribution in [0, 0.1) is 11.3 Å². The lowest BCUT2D eigenvalue weighted by Gasteiger charge is -2.23. The number of ether oxygens (including phenoxy) is 1. The zero-order chi connectivity index (χ0) is 18.2. The van der Waals surface area contributed by atoms with Crippen molar-refractivity contribution in [1.82, 2.24) is 4.31 Å². The maximum atomic E-state index is 12.8. The molecule has 0 amide bonds. The molecule has 0 unspecified atom stereocenters. The molecule has 1 N–H and O–H groups in total. The average molecular weight is 367 g/mol. The normalized spacial score (nSPS) is 26.4. The van der Waals surface area contributed by atoms with Crippen LogP contribution >= 0.6 is 0 Å². The van der Waals surface area contributed by atoms with E-state index in [2.05, 4.69) is 0 Å². The first-order valence-corrected chi connectivity index (χ1v) is 9.78. The number of rotatable bonds is 5. The number of aliphatic carboxylic acids is 1. The van der Waals surface area contributed by atoms with Crippen molar-refractivity contribution in [3.8, 4) is 0 Å². The van der Waals surface area contributed by atoms with E-state index in [1.807, 2.05) is 0 Å². The van der Waals surface area contributed by atoms with E-state index in [0.29, 0.717) is 12.0 Å². The summed E-state index contributed by atoms with van der Waals surface area (Å²) in [6.07, 6.45) is 2.06. The van der Waals surface area contributed by atoms with Gasteiger partial charge in [-0.15, -0.1) is 0 Å². The van der Waals surface area contributed by atoms with Crippen LogP contribution in [0.2, 0.25) is 0 Å². The number of hydrogen-bond acceptors (Lipinski definition) is 5. The first kappa shape index (κ1) is 17.9. The molecule has 1 aliphatic carbocycles. The molecular formula is C17H21NO6S. The molecule has 25 heavy (non-hydrogen) atoms. The number of hydrogen-bond donors (Lipinski definition) is 1. The summed E-state index contributed by atoms with van der Waals surface area (Å²) in [5, 5.41) is 9.61. The van der Waals surface area contributed by atoms with E-state index in [0.717, 1.165) is 12.8 Å². The molecule has 8 heteroatoms. The van der Waals surface area contributed by atoms with Gasteiger partial charge in [-0.1, -0.05) is 24.6 Å². The van der Waals surface area contributed by atoms with Crippen LogP contribution in [0.25, 0.3) is 0 Å². The minimum Gasteiger partial charge on any atom is -0.481 e. The van der Waals surface area contributed by atoms with E-state index in [1.165, 1.54) is 17.5 Å². The lowest BCUT2D eigenvalue weighted by molar-refractivity contribution is -0.149. The highest BCUT2D eigenvalue weighted by atomic mass is 32.2. The Kier molecular flexibility index (Phi) is 4.59. The number of carboxylic acids is 1. The van der Waals surface area contributed by atoms with Gasteiger partial charge in [0.05, 0.1) is 23.8 Å². The first-order chi connectivity index (χ1) is 11.8. The largest absolute Gasteiger partial charge is 0.481 e. The smallest absolute Gasteiger partial charge is 0.338 e. The summed E-state index contributed by atoms with van der Waals surface area (Å²) in [6, 6.07) is 6.40. The van der Waals surface area contributed by atoms with Gasteiger partial charge in [0.25, 0.3) is 0 Å². The van der Waals surface area contributed by atoms with Gasteiger partial charge in [-0.3, -0.25) is 4.79 Å². The van der Waals surface area contributed by atoms with E-state index in [1.54, 1.807) is 18.2 Å². The van der Waals surface area contributed by atoms with Gasteiger partial charge in [0.1, 0.15) is 0 Å². The van der Waals surface area contributed by atoms with Crippen molar-refractivity contribution in [1.29, 1.82) is 0 Å². The van der Waals surface area contributed by atoms with Crippen LogP contribution in [0.5, 0.6) is 0 Å². The number of benzene rings is 1. The lowest BCUT2D eigenvalue weighted by atomic mass is 9.81. The van der Waals surface area contributed by atoms with Crippen molar-refractivity contribution in [2.24, 2.45) is 11.3 Å². The fourth-order valence-corrected chi connectivity index (χ4v) is 5.71. The SMILES string of the molecule is COC(=O)c1ccccc1CS(=O)(=O)N1C[C@@H]2CCC[C@@]2(C(=O)O)C1. The Morgan fingerprint density at radius 2 is 2.08 bits per heavy atom. The summed E-state index contributed by atoms with van der Waals surface area (Å²) in [5.74, 6) is -2.00. The van der Waals surface area contributed by atoms with E-state index < -0.39 is 27.4 Å². The lowest BCUT2D eigenvalue weighted by Crippen LogP contribution is -2.37. The van der Waals surface area contributed by atoms with Crippen LogP contribution in [0.1, 0.15) is 35.2 Å². The summed E-state index contributed by atoms with van der Waals surface area (Å²) in [7, 11) is -2.49. The molecule has 3 rings (SSSR count). The minimum atomic E-state index is -3.73. The van der Waals surface area contributed by atoms with Crippen LogP contribution in [-0.4, -0.2) is 50.0 Å². The van der Waals surface area contributed by atoms with Gasteiger partial charge in [-0.25, -0.2) is 17.5 Å². The fourth-order valence-electron chi connectivity index (χ4n) is 4.05. The number of carboxylic acid groups (broad SMARTS) is 1. The van der Waals surface area contributed by atoms with E-state index in [-0.39, 0.29) is 30.3 Å². The van der Waals surface area contributed by atoms with Gasteiger partial charge in [0, 0.05) is 13.1 Å². The molecule has 2 fully saturated rings. The van der Waals surface area contributed by atoms with Gasteiger partial charge < -0.3 is 9.84 Å². The Hall–Kier alpha value is -1.93. The second kappa shape index (κ2) is 6.42. The third kappa shape index (κ3) is 3.04. The Bertz CT molecular complexity index is 805. The molecule has 0 radical (unpaired) electrons. The number of carbonyl (C=O) groups is 2. The number of esters is 1. The Morgan fingerprint density at radius 1 is 1.36 bits per heavy atom. The highest BCUT2D eigenvalue weighted by Crippen LogP contribution is 2.49. The molecule has 7 nitrogen and oxygen atoms in total. The zero-order valence-corrected chi connectivity index (χ0v) is 14.8. The van der Waals surface area contributed by atoms with Crippen LogP contribution in [0.3, 0.4) is 0 Å². The Morgan fingerprint density at radius 3 is 2.72 bits per heavy atom. The van der Waals surface area contributed by atoms with Crippen LogP contribution in [-0.2, 0) is 25.3 Å². The third-order valence-electron chi connectivity index (χ3n) is 5.42. The van der Waals surface area contributed by atoms with Crippen molar-refractivity contribution in [3.63, 3.8) is 0 Å². The average Bonchev–Trinajstić information content (AvgIpc) is 3.13. The van der Waals surface area contributed by atoms with Crippen molar-refractivity contribution >= 4 is 22.0 Å². The standard InChI is InChI=1S/C17H21NO6S/c1-24-15(19)14-7-3-2-5-12(14)10-25(22,23)18-9-13-6-4-8-17(13,11-18)16(20)21/h2-3,5,7,13H,4,6,8-11H2,1H3,(H,20,21)/t13-,17+/m0/s1. The van der Waals surface area contributed by atoms with Crippen LogP contribution in [0.15, 0.2) is 24.3 Å². The molecular weight excluding hydrogens is 346 g/mol. The summed E-state index contributed by atoms with van der Waals surface area (Å²) < 4.78 is 31.7. The summed E-state index contributed by atoms with van der Waals surface area (Å²) in [4.78, 5) is 23.6. The molecule has 136 valence electrons. The second-order valence-corrected chi connectivity index (χ2v) is 8.72. The highest BCUT2D eigenvalue weighted by molar-refractivity contribution is 7.88. The molecule has 2 aliphatic rings. The predicted molar refractivity (Wildman–Crippen MR) is 89.4 cm³/mol. The number of methoxy groups -OCH3 is 1. The van der Waals surface area contributed by atoms with Gasteiger partial charge in [-0.05, 0) is 30.4 Å². The van der Waals surface area contributed by atoms with Crippen molar-refractivity contribution in [3.05, 3.63) is 35.4 Å². The molecule has 2 atom stereocenters. The van der Waals surface area contributed by atoms with Crippen LogP contribution < -0.4 is 0 Å². The maximum Gasteiger partial charge on any atom is 0.338 e. The first-order valence-electron chi connectivity index (χ1n) is 8.17. The predicted octanol–water partition coefficient (Wildman–Crippen LogP) is 1.49. The molecule has 1 heterocycles. The van der Waals surface area contributed by atoms with Crippen molar-refractivity contribution < 1.29 is 27.9 Å². The van der Waals surface area contributed by atoms with E-state index in [9.17, 15) is 23.1 Å². The number of nitrogens with zero attached hydrogens (tertiary/aromatic N) is 1. The number of sulfonamides is 1. The number of carbonyl (C=O) groups excluding carboxylic acids is 1. The monoisotopic (exact) mass is 367 g/mol. The van der Waals surface area contributed by atoms with Crippen LogP contribution in [0.4, 0.5) is 0 Å². The Balaban J connectivity index is 1.85. The minimum absolute atomic E-state index is 0.00965. The highest BCUT2D eigenvalue weighted by Gasteiger charge is 2.57. The van der Waals surface area contributed by atoms with Gasteiger partial charge in [-0.2, -0.15) is 0 Å². The van der Waals surface area contributed by atoms with Gasteiger partial charge in [0.2, 0.25) is 10.0 Å². The van der Waals surface area contributed by atoms with E-state index in [4.69, 9.17) is 4.74 Å². The molecule has 0 aromatic heterocycles. The molecule has 1 aromatic rings. The zero-order valence-electron chi connectivity index (χ0n) is 14.0. The second-order valence-electron chi connectivity index (χ2n) is 6.75. The number of fused-ring (bicyclic) bond motifs is 1. The fraction of sp³-hybridized carbons (Fsp3) is 0.529. The topological polar surface area (TPSA) is 101 Å². The molecule has 1 aromatic carbocycles. The van der Waals surface area contributed by atoms with Crippen molar-refractivity contribution in [2.75, 3.05) is 20.2 Å². The summed E-state index contributed by atoms with van der Waals surface area (Å²) >= 11 is 0. The molecule has 0 spiro atoms. The van der Waals surface area contributed by atoms with E-state index >= 15 is 0 Å². The van der Waals surface area contributed by atoms with Crippen molar-refractivity contribution in [2.45, 2.75) is 25.0 Å². The molecule has 1 aliphatic heterocycles. The third-order valence-corrected chi connectivity index (χ3v) is 7.16. The molecule has 1 saturated heterocycles.